The first-order chi connectivity index (χ1) is 15.4. The number of anilines is 1. The van der Waals surface area contributed by atoms with E-state index in [-0.39, 0.29) is 16.7 Å². The molecule has 0 radical (unpaired) electrons. The molecule has 4 rings (SSSR count). The lowest BCUT2D eigenvalue weighted by molar-refractivity contribution is 0.0474. The standard InChI is InChI=1S/C24H16ClNO6/c1-31-18-4-2-3-14(11-18)21(27)13-32-24(30)15-5-10-19-20(12-15)23(29)26(22(19)28)17-8-6-16(25)7-9-17/h2-12H,13H2,1H3. The van der Waals surface area contributed by atoms with Crippen LogP contribution in [0.5, 0.6) is 5.75 Å². The molecule has 0 atom stereocenters. The highest BCUT2D eigenvalue weighted by Crippen LogP contribution is 2.30. The number of halogens is 1. The van der Waals surface area contributed by atoms with Gasteiger partial charge in [-0.2, -0.15) is 0 Å². The third-order valence-electron chi connectivity index (χ3n) is 4.93. The number of benzene rings is 3. The molecule has 160 valence electrons. The highest BCUT2D eigenvalue weighted by Gasteiger charge is 2.37. The Bertz CT molecular complexity index is 1250. The van der Waals surface area contributed by atoms with Gasteiger partial charge in [0.25, 0.3) is 11.8 Å². The lowest BCUT2D eigenvalue weighted by Gasteiger charge is -2.13. The summed E-state index contributed by atoms with van der Waals surface area (Å²) in [6, 6.07) is 16.8. The summed E-state index contributed by atoms with van der Waals surface area (Å²) in [6.07, 6.45) is 0. The number of carbonyl (C=O) groups excluding carboxylic acids is 4. The van der Waals surface area contributed by atoms with Crippen LogP contribution in [0.25, 0.3) is 0 Å². The van der Waals surface area contributed by atoms with Crippen molar-refractivity contribution in [1.82, 2.24) is 0 Å². The Morgan fingerprint density at radius 3 is 2.31 bits per heavy atom. The summed E-state index contributed by atoms with van der Waals surface area (Å²) in [4.78, 5) is 51.3. The topological polar surface area (TPSA) is 90.0 Å². The number of hydrogen-bond acceptors (Lipinski definition) is 6. The minimum Gasteiger partial charge on any atom is -0.497 e. The Morgan fingerprint density at radius 1 is 0.875 bits per heavy atom. The van der Waals surface area contributed by atoms with E-state index in [9.17, 15) is 19.2 Å². The summed E-state index contributed by atoms with van der Waals surface area (Å²) in [5.74, 6) is -1.74. The molecule has 0 aliphatic carbocycles. The number of amides is 2. The largest absolute Gasteiger partial charge is 0.497 e. The minimum atomic E-state index is -0.783. The number of carbonyl (C=O) groups is 4. The van der Waals surface area contributed by atoms with Crippen molar-refractivity contribution >= 4 is 40.9 Å². The zero-order chi connectivity index (χ0) is 22.8. The first-order valence-electron chi connectivity index (χ1n) is 9.52. The van der Waals surface area contributed by atoms with Gasteiger partial charge in [0.15, 0.2) is 12.4 Å². The maximum atomic E-state index is 12.8. The Hall–Kier alpha value is -3.97. The Labute approximate surface area is 188 Å². The summed E-state index contributed by atoms with van der Waals surface area (Å²) in [7, 11) is 1.48. The van der Waals surface area contributed by atoms with E-state index in [1.165, 1.54) is 25.3 Å². The van der Waals surface area contributed by atoms with E-state index in [1.54, 1.807) is 48.5 Å². The Kier molecular flexibility index (Phi) is 5.75. The van der Waals surface area contributed by atoms with Crippen molar-refractivity contribution in [3.63, 3.8) is 0 Å². The fraction of sp³-hybridized carbons (Fsp3) is 0.0833. The molecule has 0 fully saturated rings. The highest BCUT2D eigenvalue weighted by atomic mass is 35.5. The second kappa shape index (κ2) is 8.64. The van der Waals surface area contributed by atoms with E-state index >= 15 is 0 Å². The van der Waals surface area contributed by atoms with E-state index < -0.39 is 30.2 Å². The average Bonchev–Trinajstić information content (AvgIpc) is 3.07. The van der Waals surface area contributed by atoms with Crippen LogP contribution in [-0.4, -0.2) is 37.3 Å². The average molecular weight is 450 g/mol. The van der Waals surface area contributed by atoms with Gasteiger partial charge >= 0.3 is 5.97 Å². The Balaban J connectivity index is 1.49. The van der Waals surface area contributed by atoms with Gasteiger partial charge in [-0.1, -0.05) is 23.7 Å². The molecule has 7 nitrogen and oxygen atoms in total. The molecule has 8 heteroatoms. The number of ether oxygens (including phenoxy) is 2. The number of nitrogens with zero attached hydrogens (tertiary/aromatic N) is 1. The molecule has 0 spiro atoms. The quantitative estimate of drug-likeness (QED) is 0.318. The van der Waals surface area contributed by atoms with Gasteiger partial charge in [0.2, 0.25) is 0 Å². The van der Waals surface area contributed by atoms with E-state index in [0.29, 0.717) is 22.0 Å². The van der Waals surface area contributed by atoms with Crippen molar-refractivity contribution in [2.75, 3.05) is 18.6 Å². The van der Waals surface area contributed by atoms with E-state index in [2.05, 4.69) is 0 Å². The van der Waals surface area contributed by atoms with E-state index in [4.69, 9.17) is 21.1 Å². The molecule has 0 saturated carbocycles. The Morgan fingerprint density at radius 2 is 1.59 bits per heavy atom. The summed E-state index contributed by atoms with van der Waals surface area (Å²) in [5, 5.41) is 0.471. The summed E-state index contributed by atoms with van der Waals surface area (Å²) < 4.78 is 10.2. The van der Waals surface area contributed by atoms with Crippen LogP contribution in [0.4, 0.5) is 5.69 Å². The van der Waals surface area contributed by atoms with Gasteiger partial charge in [-0.25, -0.2) is 9.69 Å². The summed E-state index contributed by atoms with van der Waals surface area (Å²) in [5.41, 5.74) is 1.02. The van der Waals surface area contributed by atoms with Crippen LogP contribution in [0.3, 0.4) is 0 Å². The summed E-state index contributed by atoms with van der Waals surface area (Å²) in [6.45, 7) is -0.479. The second-order valence-electron chi connectivity index (χ2n) is 6.91. The highest BCUT2D eigenvalue weighted by molar-refractivity contribution is 6.35. The van der Waals surface area contributed by atoms with Crippen molar-refractivity contribution in [2.45, 2.75) is 0 Å². The first kappa shape index (κ1) is 21.3. The number of ketones is 1. The second-order valence-corrected chi connectivity index (χ2v) is 7.35. The molecule has 0 saturated heterocycles. The fourth-order valence-electron chi connectivity index (χ4n) is 3.29. The smallest absolute Gasteiger partial charge is 0.338 e. The van der Waals surface area contributed by atoms with Gasteiger partial charge in [0.1, 0.15) is 5.75 Å². The molecule has 3 aromatic rings. The van der Waals surface area contributed by atoms with Gasteiger partial charge in [-0.3, -0.25) is 14.4 Å². The molecule has 0 aromatic heterocycles. The van der Waals surface area contributed by atoms with Crippen LogP contribution in [0.1, 0.15) is 41.4 Å². The van der Waals surface area contributed by atoms with Crippen molar-refractivity contribution in [3.05, 3.63) is 94.0 Å². The molecular formula is C24H16ClNO6. The number of Topliss-reactive ketones (excluding diaryl/α,β-unsaturated/α-hetero) is 1. The van der Waals surface area contributed by atoms with Crippen molar-refractivity contribution in [3.8, 4) is 5.75 Å². The molecule has 32 heavy (non-hydrogen) atoms. The van der Waals surface area contributed by atoms with Crippen molar-refractivity contribution in [2.24, 2.45) is 0 Å². The molecule has 0 unspecified atom stereocenters. The number of imide groups is 1. The number of esters is 1. The van der Waals surface area contributed by atoms with Crippen LogP contribution in [0.15, 0.2) is 66.7 Å². The predicted octanol–water partition coefficient (Wildman–Crippen LogP) is 4.19. The van der Waals surface area contributed by atoms with Gasteiger partial charge < -0.3 is 9.47 Å². The number of hydrogen-bond donors (Lipinski definition) is 0. The molecule has 3 aromatic carbocycles. The van der Waals surface area contributed by atoms with Crippen molar-refractivity contribution in [1.29, 1.82) is 0 Å². The third-order valence-corrected chi connectivity index (χ3v) is 5.19. The predicted molar refractivity (Wildman–Crippen MR) is 117 cm³/mol. The maximum absolute atomic E-state index is 12.8. The van der Waals surface area contributed by atoms with Crippen LogP contribution < -0.4 is 9.64 Å². The normalized spacial score (nSPS) is 12.5. The van der Waals surface area contributed by atoms with Gasteiger partial charge in [-0.15, -0.1) is 0 Å². The maximum Gasteiger partial charge on any atom is 0.338 e. The van der Waals surface area contributed by atoms with Crippen LogP contribution in [0.2, 0.25) is 5.02 Å². The first-order valence-corrected chi connectivity index (χ1v) is 9.89. The van der Waals surface area contributed by atoms with Crippen LogP contribution >= 0.6 is 11.6 Å². The molecule has 0 bridgehead atoms. The van der Waals surface area contributed by atoms with Crippen LogP contribution in [-0.2, 0) is 4.74 Å². The lowest BCUT2D eigenvalue weighted by atomic mass is 10.1. The fourth-order valence-corrected chi connectivity index (χ4v) is 3.41. The monoisotopic (exact) mass is 449 g/mol. The molecular weight excluding hydrogens is 434 g/mol. The summed E-state index contributed by atoms with van der Waals surface area (Å²) >= 11 is 5.87. The van der Waals surface area contributed by atoms with Crippen LogP contribution in [0, 0.1) is 0 Å². The number of rotatable bonds is 6. The number of fused-ring (bicyclic) bond motifs is 1. The van der Waals surface area contributed by atoms with E-state index in [1.807, 2.05) is 0 Å². The van der Waals surface area contributed by atoms with Crippen molar-refractivity contribution < 1.29 is 28.7 Å². The zero-order valence-corrected chi connectivity index (χ0v) is 17.6. The third kappa shape index (κ3) is 3.98. The van der Waals surface area contributed by atoms with Gasteiger partial charge in [0, 0.05) is 10.6 Å². The SMILES string of the molecule is COc1cccc(C(=O)COC(=O)c2ccc3c(c2)C(=O)N(c2ccc(Cl)cc2)C3=O)c1. The van der Waals surface area contributed by atoms with Gasteiger partial charge in [0.05, 0.1) is 29.5 Å². The van der Waals surface area contributed by atoms with Gasteiger partial charge in [-0.05, 0) is 54.6 Å². The minimum absolute atomic E-state index is 0.0568. The molecule has 0 N–H and O–H groups in total. The number of methoxy groups -OCH3 is 1. The lowest BCUT2D eigenvalue weighted by Crippen LogP contribution is -2.29. The molecule has 1 aliphatic heterocycles. The molecule has 2 amide bonds. The molecule has 1 heterocycles. The van der Waals surface area contributed by atoms with E-state index in [0.717, 1.165) is 4.90 Å². The zero-order valence-electron chi connectivity index (χ0n) is 16.8. The molecule has 1 aliphatic rings.